The van der Waals surface area contributed by atoms with Crippen molar-refractivity contribution < 1.29 is 9.53 Å². The number of aryl methyl sites for hydroxylation is 2. The van der Waals surface area contributed by atoms with E-state index in [1.54, 1.807) is 6.07 Å². The predicted octanol–water partition coefficient (Wildman–Crippen LogP) is 3.43. The Balaban J connectivity index is 1.88. The van der Waals surface area contributed by atoms with Crippen LogP contribution in [0.4, 0.5) is 0 Å². The van der Waals surface area contributed by atoms with Gasteiger partial charge in [-0.1, -0.05) is 23.7 Å². The normalized spacial score (nSPS) is 16.6. The van der Waals surface area contributed by atoms with Gasteiger partial charge in [0.2, 0.25) is 0 Å². The Bertz CT molecular complexity index is 755. The van der Waals surface area contributed by atoms with Gasteiger partial charge in [0, 0.05) is 24.2 Å². The van der Waals surface area contributed by atoms with Crippen LogP contribution in [-0.4, -0.2) is 22.3 Å². The minimum absolute atomic E-state index is 0.0995. The monoisotopic (exact) mass is 333 g/mol. The van der Waals surface area contributed by atoms with Gasteiger partial charge in [0.25, 0.3) is 5.91 Å². The van der Waals surface area contributed by atoms with Crippen molar-refractivity contribution in [3.8, 4) is 5.75 Å². The van der Waals surface area contributed by atoms with Crippen LogP contribution < -0.4 is 10.1 Å². The number of carbonyl (C=O) groups is 1. The molecule has 0 saturated carbocycles. The Morgan fingerprint density at radius 2 is 2.26 bits per heavy atom. The number of nitrogens with one attached hydrogen (secondary N) is 1. The van der Waals surface area contributed by atoms with Crippen molar-refractivity contribution in [3.05, 3.63) is 45.7 Å². The number of halogens is 1. The smallest absolute Gasteiger partial charge is 0.255 e. The largest absolute Gasteiger partial charge is 0.492 e. The van der Waals surface area contributed by atoms with E-state index in [4.69, 9.17) is 16.3 Å². The second kappa shape index (κ2) is 6.24. The number of hydrogen-bond donors (Lipinski definition) is 1. The van der Waals surface area contributed by atoms with E-state index < -0.39 is 0 Å². The number of hydrogen-bond acceptors (Lipinski definition) is 3. The molecule has 1 atom stereocenters. The van der Waals surface area contributed by atoms with Crippen molar-refractivity contribution in [1.29, 1.82) is 0 Å². The summed E-state index contributed by atoms with van der Waals surface area (Å²) < 4.78 is 7.49. The molecule has 1 N–H and O–H groups in total. The highest BCUT2D eigenvalue weighted by molar-refractivity contribution is 6.32. The molecule has 6 heteroatoms. The lowest BCUT2D eigenvalue weighted by molar-refractivity contribution is 0.0923. The Hall–Kier alpha value is -2.01. The maximum atomic E-state index is 12.7. The summed E-state index contributed by atoms with van der Waals surface area (Å²) in [6, 6.07) is 5.51. The molecule has 0 spiro atoms. The first kappa shape index (κ1) is 15.9. The van der Waals surface area contributed by atoms with E-state index >= 15 is 0 Å². The molecular formula is C17H20ClN3O2. The summed E-state index contributed by atoms with van der Waals surface area (Å²) in [6.07, 6.45) is 0.721. The van der Waals surface area contributed by atoms with E-state index in [2.05, 4.69) is 10.4 Å². The molecule has 2 heterocycles. The molecule has 0 aliphatic carbocycles. The van der Waals surface area contributed by atoms with E-state index in [0.717, 1.165) is 29.9 Å². The minimum atomic E-state index is -0.103. The fourth-order valence-corrected chi connectivity index (χ4v) is 3.34. The molecule has 1 aromatic heterocycles. The summed E-state index contributed by atoms with van der Waals surface area (Å²) >= 11 is 6.18. The topological polar surface area (TPSA) is 56.2 Å². The van der Waals surface area contributed by atoms with Gasteiger partial charge < -0.3 is 10.1 Å². The number of aromatic nitrogens is 2. The molecule has 1 amide bonds. The van der Waals surface area contributed by atoms with Crippen molar-refractivity contribution in [3.63, 3.8) is 0 Å². The number of carbonyl (C=O) groups excluding carboxylic acids is 1. The van der Waals surface area contributed by atoms with Crippen LogP contribution in [0.25, 0.3) is 0 Å². The van der Waals surface area contributed by atoms with E-state index in [9.17, 15) is 4.79 Å². The molecule has 23 heavy (non-hydrogen) atoms. The molecule has 0 fully saturated rings. The third-order valence-electron chi connectivity index (χ3n) is 4.24. The van der Waals surface area contributed by atoms with Crippen LogP contribution in [-0.2, 0) is 6.54 Å². The third-order valence-corrected chi connectivity index (χ3v) is 4.54. The average Bonchev–Trinajstić information content (AvgIpc) is 2.82. The van der Waals surface area contributed by atoms with Gasteiger partial charge in [-0.15, -0.1) is 0 Å². The number of amides is 1. The zero-order chi connectivity index (χ0) is 16.6. The van der Waals surface area contributed by atoms with Crippen molar-refractivity contribution in [2.45, 2.75) is 39.8 Å². The number of fused-ring (bicyclic) bond motifs is 1. The summed E-state index contributed by atoms with van der Waals surface area (Å²) in [7, 11) is 0. The van der Waals surface area contributed by atoms with Gasteiger partial charge in [-0.3, -0.25) is 9.48 Å². The standard InChI is InChI=1S/C17H20ClN3O2/c1-4-21-11(3)15(10(2)20-21)17(22)19-14-8-9-23-16-12(14)6-5-7-13(16)18/h5-7,14H,4,8-9H2,1-3H3,(H,19,22)/t14-/m1/s1. The highest BCUT2D eigenvalue weighted by atomic mass is 35.5. The molecule has 0 bridgehead atoms. The molecule has 5 nitrogen and oxygen atoms in total. The van der Waals surface area contributed by atoms with Crippen LogP contribution in [0.2, 0.25) is 5.02 Å². The Labute approximate surface area is 140 Å². The number of ether oxygens (including phenoxy) is 1. The number of nitrogens with zero attached hydrogens (tertiary/aromatic N) is 2. The van der Waals surface area contributed by atoms with Crippen LogP contribution in [0.1, 0.15) is 46.7 Å². The lowest BCUT2D eigenvalue weighted by Gasteiger charge is -2.27. The first-order chi connectivity index (χ1) is 11.0. The highest BCUT2D eigenvalue weighted by Crippen LogP contribution is 2.37. The zero-order valence-electron chi connectivity index (χ0n) is 13.5. The van der Waals surface area contributed by atoms with E-state index in [-0.39, 0.29) is 11.9 Å². The highest BCUT2D eigenvalue weighted by Gasteiger charge is 2.27. The van der Waals surface area contributed by atoms with Gasteiger partial charge in [-0.2, -0.15) is 5.10 Å². The molecule has 0 saturated heterocycles. The Morgan fingerprint density at radius 1 is 1.48 bits per heavy atom. The molecule has 3 rings (SSSR count). The average molecular weight is 334 g/mol. The zero-order valence-corrected chi connectivity index (χ0v) is 14.3. The number of benzene rings is 1. The fourth-order valence-electron chi connectivity index (χ4n) is 3.10. The molecular weight excluding hydrogens is 314 g/mol. The molecule has 1 aliphatic heterocycles. The van der Waals surface area contributed by atoms with Gasteiger partial charge in [0.15, 0.2) is 0 Å². The lowest BCUT2D eigenvalue weighted by Crippen LogP contribution is -2.32. The van der Waals surface area contributed by atoms with Crippen LogP contribution in [0.3, 0.4) is 0 Å². The van der Waals surface area contributed by atoms with Gasteiger partial charge in [0.05, 0.1) is 28.9 Å². The van der Waals surface area contributed by atoms with Crippen molar-refractivity contribution in [2.75, 3.05) is 6.61 Å². The Kier molecular flexibility index (Phi) is 4.31. The van der Waals surface area contributed by atoms with Crippen LogP contribution in [0.15, 0.2) is 18.2 Å². The molecule has 0 unspecified atom stereocenters. The van der Waals surface area contributed by atoms with E-state index in [1.165, 1.54) is 0 Å². The van der Waals surface area contributed by atoms with Gasteiger partial charge in [0.1, 0.15) is 5.75 Å². The molecule has 1 aliphatic rings. The quantitative estimate of drug-likeness (QED) is 0.936. The summed E-state index contributed by atoms with van der Waals surface area (Å²) in [4.78, 5) is 12.7. The predicted molar refractivity (Wildman–Crippen MR) is 89.1 cm³/mol. The van der Waals surface area contributed by atoms with Gasteiger partial charge in [-0.05, 0) is 26.8 Å². The van der Waals surface area contributed by atoms with Crippen molar-refractivity contribution in [2.24, 2.45) is 0 Å². The second-order valence-corrected chi connectivity index (χ2v) is 6.09. The fraction of sp³-hybridized carbons (Fsp3) is 0.412. The van der Waals surface area contributed by atoms with Crippen LogP contribution in [0.5, 0.6) is 5.75 Å². The second-order valence-electron chi connectivity index (χ2n) is 5.68. The van der Waals surface area contributed by atoms with Gasteiger partial charge in [-0.25, -0.2) is 0 Å². The Morgan fingerprint density at radius 3 is 2.96 bits per heavy atom. The summed E-state index contributed by atoms with van der Waals surface area (Å²) in [5.41, 5.74) is 3.22. The molecule has 2 aromatic rings. The SMILES string of the molecule is CCn1nc(C)c(C(=O)N[C@@H]2CCOc3c(Cl)cccc32)c1C. The van der Waals surface area contributed by atoms with E-state index in [1.807, 2.05) is 37.6 Å². The van der Waals surface area contributed by atoms with Crippen LogP contribution in [0, 0.1) is 13.8 Å². The van der Waals surface area contributed by atoms with Crippen LogP contribution >= 0.6 is 11.6 Å². The summed E-state index contributed by atoms with van der Waals surface area (Å²) in [5.74, 6) is 0.570. The summed E-state index contributed by atoms with van der Waals surface area (Å²) in [5, 5.41) is 8.09. The number of para-hydroxylation sites is 1. The summed E-state index contributed by atoms with van der Waals surface area (Å²) in [6.45, 7) is 7.08. The van der Waals surface area contributed by atoms with E-state index in [0.29, 0.717) is 22.9 Å². The lowest BCUT2D eigenvalue weighted by atomic mass is 10.00. The minimum Gasteiger partial charge on any atom is -0.492 e. The maximum absolute atomic E-state index is 12.7. The maximum Gasteiger partial charge on any atom is 0.255 e. The van der Waals surface area contributed by atoms with Gasteiger partial charge >= 0.3 is 0 Å². The molecule has 0 radical (unpaired) electrons. The first-order valence-electron chi connectivity index (χ1n) is 7.79. The number of rotatable bonds is 3. The third kappa shape index (κ3) is 2.81. The molecule has 1 aromatic carbocycles. The molecule has 122 valence electrons. The first-order valence-corrected chi connectivity index (χ1v) is 8.16. The van der Waals surface area contributed by atoms with Crippen molar-refractivity contribution in [1.82, 2.24) is 15.1 Å². The van der Waals surface area contributed by atoms with Crippen molar-refractivity contribution >= 4 is 17.5 Å².